The molecule has 31 heavy (non-hydrogen) atoms. The van der Waals surface area contributed by atoms with Crippen LogP contribution in [0.25, 0.3) is 0 Å². The number of nitrogens with one attached hydrogen (secondary N) is 1. The quantitative estimate of drug-likeness (QED) is 0.322. The van der Waals surface area contributed by atoms with Crippen LogP contribution in [-0.4, -0.2) is 36.4 Å². The second kappa shape index (κ2) is 10.2. The lowest BCUT2D eigenvalue weighted by molar-refractivity contribution is 0.151. The Morgan fingerprint density at radius 2 is 2.23 bits per heavy atom. The lowest BCUT2D eigenvalue weighted by atomic mass is 9.86. The van der Waals surface area contributed by atoms with E-state index in [9.17, 15) is 4.39 Å². The van der Waals surface area contributed by atoms with Crippen LogP contribution in [0.15, 0.2) is 59.2 Å². The zero-order valence-electron chi connectivity index (χ0n) is 18.1. The fourth-order valence-corrected chi connectivity index (χ4v) is 4.19. The van der Waals surface area contributed by atoms with Gasteiger partial charge in [-0.3, -0.25) is 4.98 Å². The highest BCUT2D eigenvalue weighted by molar-refractivity contribution is 6.30. The largest absolute Gasteiger partial charge is 0.498 e. The van der Waals surface area contributed by atoms with Gasteiger partial charge in [0.25, 0.3) is 0 Å². The van der Waals surface area contributed by atoms with Gasteiger partial charge in [0.05, 0.1) is 24.4 Å². The first-order chi connectivity index (χ1) is 14.8. The molecule has 0 aromatic carbocycles. The number of ether oxygens (including phenoxy) is 1. The van der Waals surface area contributed by atoms with Crippen LogP contribution < -0.4 is 16.9 Å². The van der Waals surface area contributed by atoms with E-state index >= 15 is 0 Å². The van der Waals surface area contributed by atoms with Crippen LogP contribution in [0.3, 0.4) is 0 Å². The van der Waals surface area contributed by atoms with Crippen molar-refractivity contribution in [2.45, 2.75) is 32.4 Å². The van der Waals surface area contributed by atoms with E-state index in [0.29, 0.717) is 22.3 Å². The van der Waals surface area contributed by atoms with Gasteiger partial charge in [-0.05, 0) is 55.9 Å². The molecule has 0 radical (unpaired) electrons. The van der Waals surface area contributed by atoms with Gasteiger partial charge in [-0.2, -0.15) is 0 Å². The Morgan fingerprint density at radius 1 is 1.45 bits per heavy atom. The van der Waals surface area contributed by atoms with Gasteiger partial charge in [-0.1, -0.05) is 24.2 Å². The van der Waals surface area contributed by atoms with Crippen LogP contribution in [0.2, 0.25) is 0 Å². The maximum Gasteiger partial charge on any atom is 0.166 e. The topological polar surface area (TPSA) is 89.4 Å². The Morgan fingerprint density at radius 3 is 2.97 bits per heavy atom. The van der Waals surface area contributed by atoms with Crippen molar-refractivity contribution in [3.63, 3.8) is 0 Å². The molecule has 1 heterocycles. The zero-order chi connectivity index (χ0) is 22.5. The number of allylic oxidation sites excluding steroid dienone is 3. The number of aryl methyl sites for hydroxylation is 2. The average Bonchev–Trinajstić information content (AvgIpc) is 2.76. The number of nitrogens with two attached hydrogens (primary N) is 2. The Hall–Kier alpha value is -2.51. The summed E-state index contributed by atoms with van der Waals surface area (Å²) in [7, 11) is 1.43. The molecule has 2 aliphatic carbocycles. The molecule has 1 unspecified atom stereocenters. The summed E-state index contributed by atoms with van der Waals surface area (Å²) < 4.78 is 19.7. The summed E-state index contributed by atoms with van der Waals surface area (Å²) in [6.45, 7) is 6.87. The highest BCUT2D eigenvalue weighted by Gasteiger charge is 2.32. The van der Waals surface area contributed by atoms with Crippen molar-refractivity contribution in [2.75, 3.05) is 20.2 Å². The van der Waals surface area contributed by atoms with Crippen LogP contribution in [0.4, 0.5) is 4.39 Å². The second-order valence-corrected chi connectivity index (χ2v) is 8.54. The van der Waals surface area contributed by atoms with E-state index in [2.05, 4.69) is 29.0 Å². The minimum atomic E-state index is -1.38. The second-order valence-electron chi connectivity index (χ2n) is 8.11. The zero-order valence-corrected chi connectivity index (χ0v) is 18.8. The van der Waals surface area contributed by atoms with Gasteiger partial charge in [0.15, 0.2) is 6.17 Å². The third-order valence-corrected chi connectivity index (χ3v) is 6.27. The van der Waals surface area contributed by atoms with Crippen LogP contribution >= 0.6 is 11.6 Å². The van der Waals surface area contributed by atoms with E-state index in [1.807, 2.05) is 6.92 Å². The molecule has 1 aromatic rings. The number of alkyl halides is 1. The SMILES string of the molecule is C=C(/C(N)=C/NC[C@@H]1CCc2nc(C)ccc2C1)N(N)CC1C(Cl)=CC=C(OC)[C@H]1F. The maximum absolute atomic E-state index is 14.6. The van der Waals surface area contributed by atoms with Gasteiger partial charge < -0.3 is 20.8 Å². The van der Waals surface area contributed by atoms with Crippen LogP contribution in [-0.2, 0) is 17.6 Å². The first-order valence-electron chi connectivity index (χ1n) is 10.4. The van der Waals surface area contributed by atoms with Crippen molar-refractivity contribution in [2.24, 2.45) is 23.4 Å². The number of fused-ring (bicyclic) bond motifs is 1. The summed E-state index contributed by atoms with van der Waals surface area (Å²) in [6, 6.07) is 4.24. The molecule has 8 heteroatoms. The first-order valence-corrected chi connectivity index (χ1v) is 10.8. The van der Waals surface area contributed by atoms with E-state index < -0.39 is 12.1 Å². The summed E-state index contributed by atoms with van der Waals surface area (Å²) in [5.74, 6) is 6.18. The molecule has 0 spiro atoms. The molecular weight excluding hydrogens is 417 g/mol. The fraction of sp³-hybridized carbons (Fsp3) is 0.435. The van der Waals surface area contributed by atoms with E-state index in [-0.39, 0.29) is 12.3 Å². The van der Waals surface area contributed by atoms with Crippen molar-refractivity contribution in [1.82, 2.24) is 15.3 Å². The number of hydrogen-bond acceptors (Lipinski definition) is 6. The summed E-state index contributed by atoms with van der Waals surface area (Å²) in [6.07, 6.45) is 6.54. The number of aromatic nitrogens is 1. The number of rotatable bonds is 8. The molecule has 0 fully saturated rings. The van der Waals surface area contributed by atoms with Gasteiger partial charge in [0.1, 0.15) is 5.76 Å². The Balaban J connectivity index is 1.51. The van der Waals surface area contributed by atoms with Crippen molar-refractivity contribution in [1.29, 1.82) is 0 Å². The maximum atomic E-state index is 14.6. The van der Waals surface area contributed by atoms with E-state index in [1.54, 1.807) is 12.3 Å². The summed E-state index contributed by atoms with van der Waals surface area (Å²) in [5.41, 5.74) is 10.5. The molecule has 2 aliphatic rings. The predicted molar refractivity (Wildman–Crippen MR) is 122 cm³/mol. The number of nitrogens with zero attached hydrogens (tertiary/aromatic N) is 2. The van der Waals surface area contributed by atoms with E-state index in [1.165, 1.54) is 29.5 Å². The predicted octanol–water partition coefficient (Wildman–Crippen LogP) is 3.19. The van der Waals surface area contributed by atoms with Crippen molar-refractivity contribution in [3.05, 3.63) is 76.2 Å². The molecule has 0 aliphatic heterocycles. The van der Waals surface area contributed by atoms with Gasteiger partial charge in [-0.25, -0.2) is 10.2 Å². The molecule has 0 amide bonds. The van der Waals surface area contributed by atoms with Gasteiger partial charge in [0.2, 0.25) is 0 Å². The third-order valence-electron chi connectivity index (χ3n) is 5.86. The number of halogens is 2. The minimum absolute atomic E-state index is 0.121. The molecule has 0 bridgehead atoms. The molecule has 0 saturated heterocycles. The Kier molecular flexibility index (Phi) is 7.62. The fourth-order valence-electron chi connectivity index (χ4n) is 3.95. The van der Waals surface area contributed by atoms with Gasteiger partial charge >= 0.3 is 0 Å². The first kappa shape index (κ1) is 23.2. The Bertz CT molecular complexity index is 913. The van der Waals surface area contributed by atoms with Crippen LogP contribution in [0.5, 0.6) is 0 Å². The number of methoxy groups -OCH3 is 1. The number of hydrogen-bond donors (Lipinski definition) is 3. The number of hydrazine groups is 1. The highest BCUT2D eigenvalue weighted by Crippen LogP contribution is 2.32. The van der Waals surface area contributed by atoms with Gasteiger partial charge in [-0.15, -0.1) is 0 Å². The minimum Gasteiger partial charge on any atom is -0.498 e. The monoisotopic (exact) mass is 447 g/mol. The molecule has 5 N–H and O–H groups in total. The van der Waals surface area contributed by atoms with Crippen LogP contribution in [0, 0.1) is 18.8 Å². The Labute approximate surface area is 188 Å². The van der Waals surface area contributed by atoms with E-state index in [4.69, 9.17) is 27.9 Å². The number of pyridine rings is 1. The molecule has 3 atom stereocenters. The molecular formula is C23H31ClFN5O. The van der Waals surface area contributed by atoms with Crippen LogP contribution in [0.1, 0.15) is 23.4 Å². The van der Waals surface area contributed by atoms with Crippen molar-refractivity contribution >= 4 is 11.6 Å². The summed E-state index contributed by atoms with van der Waals surface area (Å²) in [4.78, 5) is 4.63. The van der Waals surface area contributed by atoms with E-state index in [0.717, 1.165) is 31.5 Å². The normalized spacial score (nSPS) is 23.4. The highest BCUT2D eigenvalue weighted by atomic mass is 35.5. The molecule has 0 saturated carbocycles. The average molecular weight is 448 g/mol. The standard InChI is InChI=1S/C23H31ClFN5O/c1-14-4-6-17-10-16(5-8-21(17)29-14)11-28-12-20(26)15(2)30(27)13-18-19(24)7-9-22(31-3)23(18)25/h4,6-7,9,12,16,18,23,28H,2,5,8,10-11,13,26-27H2,1,3H3/b20-12-/t16-,18?,23+/m1/s1. The smallest absolute Gasteiger partial charge is 0.166 e. The molecule has 168 valence electrons. The molecule has 3 rings (SSSR count). The third kappa shape index (κ3) is 5.60. The molecule has 1 aromatic heterocycles. The van der Waals surface area contributed by atoms with Crippen molar-refractivity contribution < 1.29 is 9.13 Å². The summed E-state index contributed by atoms with van der Waals surface area (Å²) >= 11 is 6.19. The lowest BCUT2D eigenvalue weighted by Gasteiger charge is -2.30. The molecule has 6 nitrogen and oxygen atoms in total. The van der Waals surface area contributed by atoms with Gasteiger partial charge in [0, 0.05) is 35.7 Å². The van der Waals surface area contributed by atoms with Crippen molar-refractivity contribution in [3.8, 4) is 0 Å². The lowest BCUT2D eigenvalue weighted by Crippen LogP contribution is -2.40. The summed E-state index contributed by atoms with van der Waals surface area (Å²) in [5, 5.41) is 4.98.